The van der Waals surface area contributed by atoms with Gasteiger partial charge in [0.2, 0.25) is 0 Å². The fraction of sp³-hybridized carbons (Fsp3) is 1.00. The lowest BCUT2D eigenvalue weighted by molar-refractivity contribution is -0.0104. The summed E-state index contributed by atoms with van der Waals surface area (Å²) >= 11 is 0. The standard InChI is InChI=1S/C19H42O2Si/c1-9-11-12-22(7,8)21-16-19(13-17(3)4,14-18(5)6)15-20-10-2/h17-18H,9-16H2,1-8H3. The van der Waals surface area contributed by atoms with Gasteiger partial charge in [-0.15, -0.1) is 0 Å². The molecule has 0 aromatic carbocycles. The van der Waals surface area contributed by atoms with E-state index in [9.17, 15) is 0 Å². The molecule has 0 aliphatic carbocycles. The number of rotatable bonds is 13. The van der Waals surface area contributed by atoms with Gasteiger partial charge in [-0.1, -0.05) is 47.5 Å². The summed E-state index contributed by atoms with van der Waals surface area (Å²) in [7, 11) is -1.53. The van der Waals surface area contributed by atoms with Crippen molar-refractivity contribution in [1.29, 1.82) is 0 Å². The van der Waals surface area contributed by atoms with Crippen LogP contribution in [0.15, 0.2) is 0 Å². The molecule has 0 aromatic heterocycles. The summed E-state index contributed by atoms with van der Waals surface area (Å²) in [5, 5.41) is 0. The van der Waals surface area contributed by atoms with Crippen molar-refractivity contribution in [2.24, 2.45) is 17.3 Å². The molecule has 3 heteroatoms. The van der Waals surface area contributed by atoms with E-state index in [4.69, 9.17) is 9.16 Å². The highest BCUT2D eigenvalue weighted by molar-refractivity contribution is 6.71. The van der Waals surface area contributed by atoms with E-state index in [-0.39, 0.29) is 5.41 Å². The summed E-state index contributed by atoms with van der Waals surface area (Å²) < 4.78 is 12.4. The van der Waals surface area contributed by atoms with E-state index in [1.54, 1.807) is 0 Å². The Morgan fingerprint density at radius 1 is 0.909 bits per heavy atom. The zero-order valence-electron chi connectivity index (χ0n) is 16.6. The van der Waals surface area contributed by atoms with Gasteiger partial charge in [0.25, 0.3) is 0 Å². The predicted octanol–water partition coefficient (Wildman–Crippen LogP) is 6.12. The first-order valence-electron chi connectivity index (χ1n) is 9.38. The zero-order valence-corrected chi connectivity index (χ0v) is 17.6. The lowest BCUT2D eigenvalue weighted by Crippen LogP contribution is -2.41. The maximum atomic E-state index is 6.55. The molecule has 0 aliphatic rings. The Morgan fingerprint density at radius 2 is 1.45 bits per heavy atom. The molecule has 0 saturated carbocycles. The molecule has 0 radical (unpaired) electrons. The van der Waals surface area contributed by atoms with Crippen LogP contribution in [-0.4, -0.2) is 28.1 Å². The Morgan fingerprint density at radius 3 is 1.86 bits per heavy atom. The number of hydrogen-bond acceptors (Lipinski definition) is 2. The summed E-state index contributed by atoms with van der Waals surface area (Å²) in [6.07, 6.45) is 4.96. The minimum Gasteiger partial charge on any atom is -0.417 e. The fourth-order valence-electron chi connectivity index (χ4n) is 3.43. The van der Waals surface area contributed by atoms with Gasteiger partial charge >= 0.3 is 0 Å². The average Bonchev–Trinajstić information content (AvgIpc) is 2.39. The quantitative estimate of drug-likeness (QED) is 0.378. The van der Waals surface area contributed by atoms with Gasteiger partial charge in [-0.3, -0.25) is 0 Å². The van der Waals surface area contributed by atoms with E-state index in [0.717, 1.165) is 19.8 Å². The number of hydrogen-bond donors (Lipinski definition) is 0. The first kappa shape index (κ1) is 22.1. The molecule has 0 aliphatic heterocycles. The van der Waals surface area contributed by atoms with E-state index in [0.29, 0.717) is 11.8 Å². The molecule has 0 atom stereocenters. The van der Waals surface area contributed by atoms with Crippen LogP contribution >= 0.6 is 0 Å². The van der Waals surface area contributed by atoms with Crippen LogP contribution in [0.25, 0.3) is 0 Å². The summed E-state index contributed by atoms with van der Waals surface area (Å²) in [4.78, 5) is 0. The third-order valence-corrected chi connectivity index (χ3v) is 6.68. The van der Waals surface area contributed by atoms with Crippen molar-refractivity contribution in [1.82, 2.24) is 0 Å². The highest BCUT2D eigenvalue weighted by Gasteiger charge is 2.35. The van der Waals surface area contributed by atoms with E-state index < -0.39 is 8.32 Å². The largest absolute Gasteiger partial charge is 0.417 e. The monoisotopic (exact) mass is 330 g/mol. The molecule has 0 unspecified atom stereocenters. The fourth-order valence-corrected chi connectivity index (χ4v) is 5.48. The molecule has 0 N–H and O–H groups in total. The molecule has 0 heterocycles. The Hall–Kier alpha value is 0.137. The van der Waals surface area contributed by atoms with Crippen LogP contribution in [0, 0.1) is 17.3 Å². The lowest BCUT2D eigenvalue weighted by atomic mass is 9.75. The second-order valence-corrected chi connectivity index (χ2v) is 12.8. The summed E-state index contributed by atoms with van der Waals surface area (Å²) in [6.45, 7) is 20.9. The van der Waals surface area contributed by atoms with Crippen molar-refractivity contribution in [3.8, 4) is 0 Å². The Balaban J connectivity index is 4.92. The van der Waals surface area contributed by atoms with Gasteiger partial charge in [-0.05, 0) is 50.7 Å². The van der Waals surface area contributed by atoms with Crippen molar-refractivity contribution in [3.63, 3.8) is 0 Å². The molecule has 0 fully saturated rings. The highest BCUT2D eigenvalue weighted by Crippen LogP contribution is 2.36. The van der Waals surface area contributed by atoms with Crippen LogP contribution < -0.4 is 0 Å². The maximum Gasteiger partial charge on any atom is 0.186 e. The van der Waals surface area contributed by atoms with Crippen molar-refractivity contribution in [2.75, 3.05) is 19.8 Å². The van der Waals surface area contributed by atoms with Crippen molar-refractivity contribution in [3.05, 3.63) is 0 Å². The van der Waals surface area contributed by atoms with E-state index in [2.05, 4.69) is 54.6 Å². The molecule has 0 bridgehead atoms. The van der Waals surface area contributed by atoms with Crippen LogP contribution in [0.3, 0.4) is 0 Å². The molecule has 0 aromatic rings. The molecule has 134 valence electrons. The molecule has 0 spiro atoms. The van der Waals surface area contributed by atoms with Gasteiger partial charge in [-0.25, -0.2) is 0 Å². The summed E-state index contributed by atoms with van der Waals surface area (Å²) in [5.74, 6) is 1.37. The smallest absolute Gasteiger partial charge is 0.186 e. The Kier molecular flexibility index (Phi) is 10.9. The van der Waals surface area contributed by atoms with Crippen LogP contribution in [0.4, 0.5) is 0 Å². The number of unbranched alkanes of at least 4 members (excludes halogenated alkanes) is 1. The number of ether oxygens (including phenoxy) is 1. The van der Waals surface area contributed by atoms with Crippen LogP contribution in [-0.2, 0) is 9.16 Å². The van der Waals surface area contributed by atoms with Gasteiger partial charge in [0, 0.05) is 18.6 Å². The second kappa shape index (κ2) is 10.8. The second-order valence-electron chi connectivity index (χ2n) is 8.49. The zero-order chi connectivity index (χ0) is 17.2. The van der Waals surface area contributed by atoms with Gasteiger partial charge in [0.05, 0.1) is 6.61 Å². The average molecular weight is 331 g/mol. The molecular weight excluding hydrogens is 288 g/mol. The highest BCUT2D eigenvalue weighted by atomic mass is 28.4. The molecule has 0 amide bonds. The molecule has 2 nitrogen and oxygen atoms in total. The van der Waals surface area contributed by atoms with Crippen LogP contribution in [0.2, 0.25) is 19.1 Å². The minimum absolute atomic E-state index is 0.189. The minimum atomic E-state index is -1.53. The predicted molar refractivity (Wildman–Crippen MR) is 101 cm³/mol. The first-order valence-corrected chi connectivity index (χ1v) is 12.5. The normalized spacial score (nSPS) is 13.4. The molecular formula is C19H42O2Si. The van der Waals surface area contributed by atoms with Gasteiger partial charge in [0.1, 0.15) is 0 Å². The first-order chi connectivity index (χ1) is 10.2. The topological polar surface area (TPSA) is 18.5 Å². The SMILES string of the molecule is CCCC[Si](C)(C)OCC(COCC)(CC(C)C)CC(C)C. The van der Waals surface area contributed by atoms with Gasteiger partial charge in [0.15, 0.2) is 8.32 Å². The van der Waals surface area contributed by atoms with Gasteiger partial charge in [-0.2, -0.15) is 0 Å². The van der Waals surface area contributed by atoms with Crippen LogP contribution in [0.5, 0.6) is 0 Å². The van der Waals surface area contributed by atoms with Gasteiger partial charge < -0.3 is 9.16 Å². The lowest BCUT2D eigenvalue weighted by Gasteiger charge is -2.39. The van der Waals surface area contributed by atoms with E-state index >= 15 is 0 Å². The third-order valence-electron chi connectivity index (χ3n) is 4.20. The Labute approximate surface area is 141 Å². The summed E-state index contributed by atoms with van der Waals surface area (Å²) in [5.41, 5.74) is 0.189. The molecule has 0 rings (SSSR count). The maximum absolute atomic E-state index is 6.55. The van der Waals surface area contributed by atoms with E-state index in [1.165, 1.54) is 31.7 Å². The summed E-state index contributed by atoms with van der Waals surface area (Å²) in [6, 6.07) is 1.28. The molecule has 22 heavy (non-hydrogen) atoms. The van der Waals surface area contributed by atoms with Crippen molar-refractivity contribution < 1.29 is 9.16 Å². The van der Waals surface area contributed by atoms with Crippen molar-refractivity contribution in [2.45, 2.75) is 86.4 Å². The molecule has 0 saturated heterocycles. The van der Waals surface area contributed by atoms with Crippen molar-refractivity contribution >= 4 is 8.32 Å². The van der Waals surface area contributed by atoms with E-state index in [1.807, 2.05) is 0 Å². The Bertz CT molecular complexity index is 265. The van der Waals surface area contributed by atoms with Crippen LogP contribution in [0.1, 0.15) is 67.2 Å². The third kappa shape index (κ3) is 10.0.